The van der Waals surface area contributed by atoms with Gasteiger partial charge in [0.1, 0.15) is 12.2 Å². The van der Waals surface area contributed by atoms with Crippen LogP contribution in [0.4, 0.5) is 0 Å². The Kier molecular flexibility index (Phi) is 8.85. The lowest BCUT2D eigenvalue weighted by Crippen LogP contribution is -2.70. The molecular formula is C38H62N2O6. The lowest BCUT2D eigenvalue weighted by atomic mass is 9.34. The number of likely N-dealkylation sites (tertiary alicyclic amines) is 1. The Hall–Kier alpha value is -1.48. The molecule has 4 aliphatic carbocycles. The SMILES string of the molecule is CC(=O)O[C@@H]1C[C@@]23COC[C@@](C)(C2CC[C@H]2C3=CC[C@@]3(C)[C@H](C(=O)O)[C@@](C)([C@H](C)C(C)C)CC[C@]23C)[C@H]1OCCN1CCC(N)C1. The number of rotatable bonds is 8. The Bertz CT molecular complexity index is 1240. The van der Waals surface area contributed by atoms with E-state index >= 15 is 0 Å². The van der Waals surface area contributed by atoms with E-state index < -0.39 is 11.9 Å². The predicted molar refractivity (Wildman–Crippen MR) is 178 cm³/mol. The van der Waals surface area contributed by atoms with Crippen molar-refractivity contribution in [3.05, 3.63) is 11.6 Å². The number of carbonyl (C=O) groups excluding carboxylic acids is 1. The number of ether oxygens (including phenoxy) is 3. The molecule has 2 bridgehead atoms. The number of nitrogens with zero attached hydrogens (tertiary/aromatic N) is 1. The highest BCUT2D eigenvalue weighted by molar-refractivity contribution is 5.73. The lowest BCUT2D eigenvalue weighted by molar-refractivity contribution is -0.267. The van der Waals surface area contributed by atoms with E-state index in [0.29, 0.717) is 44.0 Å². The van der Waals surface area contributed by atoms with Gasteiger partial charge in [-0.15, -0.1) is 0 Å². The van der Waals surface area contributed by atoms with Crippen molar-refractivity contribution >= 4 is 11.9 Å². The van der Waals surface area contributed by atoms with Gasteiger partial charge >= 0.3 is 11.9 Å². The van der Waals surface area contributed by atoms with E-state index in [9.17, 15) is 14.7 Å². The molecule has 0 aromatic rings. The number of esters is 1. The molecule has 12 atom stereocenters. The Balaban J connectivity index is 1.35. The van der Waals surface area contributed by atoms with Crippen LogP contribution in [0.25, 0.3) is 0 Å². The molecule has 6 rings (SSSR count). The minimum absolute atomic E-state index is 0.148. The molecule has 260 valence electrons. The summed E-state index contributed by atoms with van der Waals surface area (Å²) in [6.45, 7) is 22.1. The molecule has 3 N–H and O–H groups in total. The van der Waals surface area contributed by atoms with Crippen molar-refractivity contribution in [2.75, 3.05) is 39.5 Å². The molecule has 0 spiro atoms. The van der Waals surface area contributed by atoms with Crippen LogP contribution in [-0.2, 0) is 23.8 Å². The summed E-state index contributed by atoms with van der Waals surface area (Å²) in [5.41, 5.74) is 6.30. The van der Waals surface area contributed by atoms with Gasteiger partial charge in [-0.1, -0.05) is 60.1 Å². The van der Waals surface area contributed by atoms with Crippen LogP contribution in [-0.4, -0.2) is 79.6 Å². The Morgan fingerprint density at radius 2 is 1.83 bits per heavy atom. The molecule has 6 aliphatic rings. The maximum atomic E-state index is 13.4. The van der Waals surface area contributed by atoms with Crippen LogP contribution in [0.5, 0.6) is 0 Å². The van der Waals surface area contributed by atoms with Crippen LogP contribution in [0, 0.1) is 56.7 Å². The fourth-order valence-corrected chi connectivity index (χ4v) is 12.6. The molecule has 0 radical (unpaired) electrons. The standard InChI is InChI=1S/C38H62N2O6/c1-23(2)24(3)34(5)14-15-36(7)27-9-10-30-35(6)21-44-22-38(30,28(27)11-13-37(36,8)31(34)33(42)43)19-29(46-25(4)41)32(35)45-18-17-40-16-12-26(39)20-40/h11,23-24,26-27,29-32H,9-10,12-22,39H2,1-8H3,(H,42,43)/t24-,26?,27+,29-,30?,31-,32+,34-,35+,36-,37+,38+/m1/s1. The largest absolute Gasteiger partial charge is 0.481 e. The average Bonchev–Trinajstić information content (AvgIpc) is 3.38. The van der Waals surface area contributed by atoms with Crippen LogP contribution in [0.2, 0.25) is 0 Å². The van der Waals surface area contributed by atoms with Crippen LogP contribution >= 0.6 is 0 Å². The number of nitrogens with two attached hydrogens (primary N) is 1. The normalized spacial score (nSPS) is 47.7. The summed E-state index contributed by atoms with van der Waals surface area (Å²) in [5, 5.41) is 11.0. The van der Waals surface area contributed by atoms with Gasteiger partial charge in [0.05, 0.1) is 25.7 Å². The van der Waals surface area contributed by atoms with E-state index in [1.54, 1.807) is 0 Å². The summed E-state index contributed by atoms with van der Waals surface area (Å²) >= 11 is 0. The van der Waals surface area contributed by atoms with Gasteiger partial charge in [-0.2, -0.15) is 0 Å². The number of carboxylic acid groups (broad SMARTS) is 1. The molecule has 46 heavy (non-hydrogen) atoms. The molecule has 0 aromatic carbocycles. The Morgan fingerprint density at radius 3 is 2.46 bits per heavy atom. The second-order valence-corrected chi connectivity index (χ2v) is 17.8. The summed E-state index contributed by atoms with van der Waals surface area (Å²) in [5.74, 6) is 0.0504. The summed E-state index contributed by atoms with van der Waals surface area (Å²) in [4.78, 5) is 28.3. The molecule has 0 amide bonds. The number of allylic oxidation sites excluding steroid dienone is 1. The average molecular weight is 643 g/mol. The van der Waals surface area contributed by atoms with Gasteiger partial charge in [-0.25, -0.2) is 0 Å². The van der Waals surface area contributed by atoms with E-state index in [0.717, 1.165) is 58.2 Å². The smallest absolute Gasteiger partial charge is 0.307 e. The molecule has 2 unspecified atom stereocenters. The first-order chi connectivity index (χ1) is 21.5. The van der Waals surface area contributed by atoms with Crippen molar-refractivity contribution in [2.24, 2.45) is 62.4 Å². The fraction of sp³-hybridized carbons (Fsp3) is 0.895. The van der Waals surface area contributed by atoms with Crippen LogP contribution in [0.3, 0.4) is 0 Å². The monoisotopic (exact) mass is 642 g/mol. The van der Waals surface area contributed by atoms with E-state index in [2.05, 4.69) is 59.4 Å². The van der Waals surface area contributed by atoms with Crippen molar-refractivity contribution in [3.8, 4) is 0 Å². The van der Waals surface area contributed by atoms with Crippen molar-refractivity contribution in [1.29, 1.82) is 0 Å². The summed E-state index contributed by atoms with van der Waals surface area (Å²) in [7, 11) is 0. The molecule has 5 fully saturated rings. The van der Waals surface area contributed by atoms with Crippen LogP contribution in [0.15, 0.2) is 11.6 Å². The molecule has 8 nitrogen and oxygen atoms in total. The topological polar surface area (TPSA) is 111 Å². The lowest BCUT2D eigenvalue weighted by Gasteiger charge is -2.71. The third-order valence-corrected chi connectivity index (χ3v) is 15.4. The van der Waals surface area contributed by atoms with Crippen molar-refractivity contribution < 1.29 is 28.9 Å². The molecule has 8 heteroatoms. The minimum atomic E-state index is -0.635. The second-order valence-electron chi connectivity index (χ2n) is 17.8. The van der Waals surface area contributed by atoms with Gasteiger partial charge in [-0.3, -0.25) is 14.5 Å². The number of carbonyl (C=O) groups is 2. The number of hydrogen-bond donors (Lipinski definition) is 2. The third-order valence-electron chi connectivity index (χ3n) is 15.4. The van der Waals surface area contributed by atoms with Crippen molar-refractivity contribution in [2.45, 2.75) is 119 Å². The van der Waals surface area contributed by atoms with E-state index in [1.165, 1.54) is 12.5 Å². The Labute approximate surface area is 277 Å². The number of carboxylic acids is 1. The Morgan fingerprint density at radius 1 is 1.09 bits per heavy atom. The maximum absolute atomic E-state index is 13.4. The highest BCUT2D eigenvalue weighted by Crippen LogP contribution is 2.75. The molecule has 2 saturated heterocycles. The highest BCUT2D eigenvalue weighted by Gasteiger charge is 2.72. The molecule has 2 heterocycles. The van der Waals surface area contributed by atoms with Gasteiger partial charge in [0.2, 0.25) is 0 Å². The van der Waals surface area contributed by atoms with E-state index in [1.807, 2.05) is 0 Å². The van der Waals surface area contributed by atoms with Crippen molar-refractivity contribution in [3.63, 3.8) is 0 Å². The number of aliphatic carboxylic acids is 1. The summed E-state index contributed by atoms with van der Waals surface area (Å²) in [6.07, 6.45) is 8.41. The fourth-order valence-electron chi connectivity index (χ4n) is 12.6. The number of hydrogen-bond acceptors (Lipinski definition) is 7. The third kappa shape index (κ3) is 4.96. The molecular weight excluding hydrogens is 580 g/mol. The molecule has 3 saturated carbocycles. The number of fused-ring (bicyclic) bond motifs is 3. The molecule has 0 aromatic heterocycles. The first-order valence-corrected chi connectivity index (χ1v) is 18.3. The minimum Gasteiger partial charge on any atom is -0.481 e. The zero-order chi connectivity index (χ0) is 33.4. The van der Waals surface area contributed by atoms with Crippen LogP contribution < -0.4 is 5.73 Å². The van der Waals surface area contributed by atoms with Gasteiger partial charge in [-0.05, 0) is 91.4 Å². The maximum Gasteiger partial charge on any atom is 0.307 e. The van der Waals surface area contributed by atoms with Gasteiger partial charge in [0.25, 0.3) is 0 Å². The highest BCUT2D eigenvalue weighted by atomic mass is 16.6. The zero-order valence-electron chi connectivity index (χ0n) is 29.9. The van der Waals surface area contributed by atoms with Gasteiger partial charge < -0.3 is 25.1 Å². The van der Waals surface area contributed by atoms with Crippen LogP contribution in [0.1, 0.15) is 100 Å². The summed E-state index contributed by atoms with van der Waals surface area (Å²) in [6, 6.07) is 0.235. The first-order valence-electron chi connectivity index (χ1n) is 18.3. The van der Waals surface area contributed by atoms with E-state index in [-0.39, 0.29) is 57.2 Å². The molecule has 2 aliphatic heterocycles. The van der Waals surface area contributed by atoms with Gasteiger partial charge in [0, 0.05) is 36.9 Å². The predicted octanol–water partition coefficient (Wildman–Crippen LogP) is 5.92. The second kappa shape index (κ2) is 11.8. The van der Waals surface area contributed by atoms with Gasteiger partial charge in [0.15, 0.2) is 0 Å². The van der Waals surface area contributed by atoms with Crippen molar-refractivity contribution in [1.82, 2.24) is 4.90 Å². The zero-order valence-corrected chi connectivity index (χ0v) is 29.9. The van der Waals surface area contributed by atoms with E-state index in [4.69, 9.17) is 19.9 Å². The quantitative estimate of drug-likeness (QED) is 0.248. The summed E-state index contributed by atoms with van der Waals surface area (Å²) < 4.78 is 19.5. The first kappa shape index (κ1) is 34.4.